The molecule has 0 aliphatic heterocycles. The van der Waals surface area contributed by atoms with Gasteiger partial charge in [0.05, 0.1) is 21.9 Å². The summed E-state index contributed by atoms with van der Waals surface area (Å²) in [5, 5.41) is 3.85. The van der Waals surface area contributed by atoms with Crippen LogP contribution in [0.4, 0.5) is 4.39 Å². The van der Waals surface area contributed by atoms with E-state index in [1.54, 1.807) is 12.1 Å². The molecule has 0 saturated carbocycles. The monoisotopic (exact) mass is 437 g/mol. The molecule has 2 heterocycles. The van der Waals surface area contributed by atoms with Crippen LogP contribution >= 0.6 is 22.9 Å². The molecule has 0 radical (unpaired) electrons. The number of aromatic nitrogens is 2. The molecule has 29 heavy (non-hydrogen) atoms. The summed E-state index contributed by atoms with van der Waals surface area (Å²) in [5.41, 5.74) is 0.256. The van der Waals surface area contributed by atoms with Gasteiger partial charge < -0.3 is 14.8 Å². The molecule has 0 unspecified atom stereocenters. The second kappa shape index (κ2) is 8.92. The first-order chi connectivity index (χ1) is 13.7. The third-order valence-electron chi connectivity index (χ3n) is 3.91. The lowest BCUT2D eigenvalue weighted by atomic mass is 10.2. The minimum absolute atomic E-state index is 0.125. The van der Waals surface area contributed by atoms with Crippen molar-refractivity contribution in [2.45, 2.75) is 39.7 Å². The van der Waals surface area contributed by atoms with Gasteiger partial charge in [0, 0.05) is 25.0 Å². The van der Waals surface area contributed by atoms with Gasteiger partial charge in [0.15, 0.2) is 11.6 Å². The quantitative estimate of drug-likeness (QED) is 0.542. The molecule has 1 atom stereocenters. The smallest absolute Gasteiger partial charge is 0.217 e. The predicted molar refractivity (Wildman–Crippen MR) is 112 cm³/mol. The molecule has 1 N–H and O–H groups in total. The molecule has 0 aliphatic carbocycles. The van der Waals surface area contributed by atoms with E-state index in [1.165, 1.54) is 30.5 Å². The number of hydrogen-bond acceptors (Lipinski definition) is 6. The number of thiazole rings is 1. The zero-order valence-corrected chi connectivity index (χ0v) is 18.0. The zero-order valence-electron chi connectivity index (χ0n) is 16.5. The van der Waals surface area contributed by atoms with E-state index < -0.39 is 5.82 Å². The molecular weight excluding hydrogens is 417 g/mol. The van der Waals surface area contributed by atoms with Gasteiger partial charge in [-0.25, -0.2) is 14.4 Å². The normalized spacial score (nSPS) is 12.2. The number of halogens is 2. The Kier molecular flexibility index (Phi) is 6.54. The van der Waals surface area contributed by atoms with Gasteiger partial charge in [-0.05, 0) is 13.0 Å². The van der Waals surface area contributed by atoms with Crippen molar-refractivity contribution in [3.63, 3.8) is 0 Å². The van der Waals surface area contributed by atoms with Crippen LogP contribution in [0.5, 0.6) is 17.4 Å². The Morgan fingerprint density at radius 3 is 2.72 bits per heavy atom. The first kappa shape index (κ1) is 21.3. The third-order valence-corrected chi connectivity index (χ3v) is 5.77. The standard InChI is InChI=1S/C20H21ClFN3O3S/c1-10(2)20-25-18-14(22)7-15(17(21)19(18)29-20)28-13-5-6-16(23-8-13)27-9-11(3)24-12(4)26/h5-8,10-11H,9H2,1-4H3,(H,24,26)/t11-/m0/s1. The van der Waals surface area contributed by atoms with Gasteiger partial charge in [-0.15, -0.1) is 11.3 Å². The second-order valence-electron chi connectivity index (χ2n) is 6.90. The Hall–Kier alpha value is -2.45. The van der Waals surface area contributed by atoms with Gasteiger partial charge in [-0.1, -0.05) is 25.4 Å². The van der Waals surface area contributed by atoms with Crippen molar-refractivity contribution in [1.82, 2.24) is 15.3 Å². The lowest BCUT2D eigenvalue weighted by molar-refractivity contribution is -0.119. The maximum Gasteiger partial charge on any atom is 0.217 e. The number of benzene rings is 1. The fourth-order valence-electron chi connectivity index (χ4n) is 2.57. The average Bonchev–Trinajstić information content (AvgIpc) is 3.11. The van der Waals surface area contributed by atoms with Crippen molar-refractivity contribution in [2.75, 3.05) is 6.61 Å². The molecule has 1 aromatic carbocycles. The maximum atomic E-state index is 14.5. The van der Waals surface area contributed by atoms with E-state index in [2.05, 4.69) is 15.3 Å². The number of carbonyl (C=O) groups excluding carboxylic acids is 1. The fraction of sp³-hybridized carbons (Fsp3) is 0.350. The van der Waals surface area contributed by atoms with E-state index in [4.69, 9.17) is 21.1 Å². The van der Waals surface area contributed by atoms with E-state index >= 15 is 0 Å². The number of carbonyl (C=O) groups is 1. The Morgan fingerprint density at radius 2 is 2.10 bits per heavy atom. The number of ether oxygens (including phenoxy) is 2. The van der Waals surface area contributed by atoms with Crippen molar-refractivity contribution < 1.29 is 18.7 Å². The molecule has 9 heteroatoms. The number of hydrogen-bond donors (Lipinski definition) is 1. The number of nitrogens with zero attached hydrogens (tertiary/aromatic N) is 2. The number of nitrogens with one attached hydrogen (secondary N) is 1. The molecule has 1 amide bonds. The van der Waals surface area contributed by atoms with Gasteiger partial charge in [0.25, 0.3) is 0 Å². The summed E-state index contributed by atoms with van der Waals surface area (Å²) >= 11 is 7.80. The molecule has 6 nitrogen and oxygen atoms in total. The van der Waals surface area contributed by atoms with Crippen molar-refractivity contribution >= 4 is 39.1 Å². The average molecular weight is 438 g/mol. The van der Waals surface area contributed by atoms with Gasteiger partial charge >= 0.3 is 0 Å². The minimum atomic E-state index is -0.484. The summed E-state index contributed by atoms with van der Waals surface area (Å²) in [7, 11) is 0. The van der Waals surface area contributed by atoms with Crippen LogP contribution in [0.15, 0.2) is 24.4 Å². The Balaban J connectivity index is 1.73. The van der Waals surface area contributed by atoms with Crippen LogP contribution in [-0.2, 0) is 4.79 Å². The molecule has 3 aromatic rings. The molecule has 154 valence electrons. The highest BCUT2D eigenvalue weighted by Crippen LogP contribution is 2.41. The molecular formula is C20H21ClFN3O3S. The minimum Gasteiger partial charge on any atom is -0.475 e. The van der Waals surface area contributed by atoms with E-state index in [9.17, 15) is 9.18 Å². The second-order valence-corrected chi connectivity index (χ2v) is 8.31. The maximum absolute atomic E-state index is 14.5. The lowest BCUT2D eigenvalue weighted by Crippen LogP contribution is -2.35. The zero-order chi connectivity index (χ0) is 21.1. The van der Waals surface area contributed by atoms with Crippen molar-refractivity contribution in [3.8, 4) is 17.4 Å². The molecule has 0 spiro atoms. The molecule has 2 aromatic heterocycles. The van der Waals surface area contributed by atoms with Crippen molar-refractivity contribution in [1.29, 1.82) is 0 Å². The molecule has 0 fully saturated rings. The molecule has 0 aliphatic rings. The molecule has 0 saturated heterocycles. The topological polar surface area (TPSA) is 73.3 Å². The fourth-order valence-corrected chi connectivity index (χ4v) is 3.88. The highest BCUT2D eigenvalue weighted by atomic mass is 35.5. The first-order valence-electron chi connectivity index (χ1n) is 9.06. The van der Waals surface area contributed by atoms with Crippen LogP contribution in [-0.4, -0.2) is 28.5 Å². The first-order valence-corrected chi connectivity index (χ1v) is 10.3. The lowest BCUT2D eigenvalue weighted by Gasteiger charge is -2.13. The summed E-state index contributed by atoms with van der Waals surface area (Å²) in [6.07, 6.45) is 1.46. The summed E-state index contributed by atoms with van der Waals surface area (Å²) in [6, 6.07) is 4.36. The van der Waals surface area contributed by atoms with E-state index in [0.29, 0.717) is 21.4 Å². The van der Waals surface area contributed by atoms with Crippen LogP contribution in [0.2, 0.25) is 5.02 Å². The van der Waals surface area contributed by atoms with Gasteiger partial charge in [0.1, 0.15) is 22.9 Å². The van der Waals surface area contributed by atoms with Crippen LogP contribution in [0.1, 0.15) is 38.6 Å². The van der Waals surface area contributed by atoms with Gasteiger partial charge in [-0.2, -0.15) is 0 Å². The van der Waals surface area contributed by atoms with Crippen LogP contribution in [0, 0.1) is 5.82 Å². The van der Waals surface area contributed by atoms with Gasteiger partial charge in [0.2, 0.25) is 11.8 Å². The number of pyridine rings is 1. The number of rotatable bonds is 7. The predicted octanol–water partition coefficient (Wildman–Crippen LogP) is 5.30. The Labute approximate surface area is 177 Å². The summed E-state index contributed by atoms with van der Waals surface area (Å²) in [4.78, 5) is 19.5. The highest BCUT2D eigenvalue weighted by Gasteiger charge is 2.18. The highest BCUT2D eigenvalue weighted by molar-refractivity contribution is 7.19. The third kappa shape index (κ3) is 5.13. The van der Waals surface area contributed by atoms with Crippen LogP contribution in [0.25, 0.3) is 10.2 Å². The Bertz CT molecular complexity index is 1020. The molecule has 3 rings (SSSR count). The summed E-state index contributed by atoms with van der Waals surface area (Å²) in [6.45, 7) is 7.54. The van der Waals surface area contributed by atoms with Crippen LogP contribution < -0.4 is 14.8 Å². The SMILES string of the molecule is CC(=O)N[C@@H](C)COc1ccc(Oc2cc(F)c3nc(C(C)C)sc3c2Cl)cn1. The molecule has 0 bridgehead atoms. The number of fused-ring (bicyclic) bond motifs is 1. The largest absolute Gasteiger partial charge is 0.475 e. The van der Waals surface area contributed by atoms with E-state index in [-0.39, 0.29) is 35.7 Å². The number of amides is 1. The summed E-state index contributed by atoms with van der Waals surface area (Å²) < 4.78 is 26.3. The Morgan fingerprint density at radius 1 is 1.34 bits per heavy atom. The van der Waals surface area contributed by atoms with E-state index in [1.807, 2.05) is 20.8 Å². The van der Waals surface area contributed by atoms with Gasteiger partial charge in [-0.3, -0.25) is 4.79 Å². The summed E-state index contributed by atoms with van der Waals surface area (Å²) in [5.74, 6) is 0.540. The van der Waals surface area contributed by atoms with Crippen LogP contribution in [0.3, 0.4) is 0 Å². The van der Waals surface area contributed by atoms with Crippen molar-refractivity contribution in [3.05, 3.63) is 40.2 Å². The van der Waals surface area contributed by atoms with E-state index in [0.717, 1.165) is 5.01 Å². The van der Waals surface area contributed by atoms with Crippen molar-refractivity contribution in [2.24, 2.45) is 0 Å².